The van der Waals surface area contributed by atoms with E-state index < -0.39 is 38.3 Å². The molecule has 0 bridgehead atoms. The Balaban J connectivity index is 2.35. The maximum absolute atomic E-state index is 12.8. The zero-order chi connectivity index (χ0) is 18.8. The van der Waals surface area contributed by atoms with Gasteiger partial charge in [0.25, 0.3) is 10.1 Å². The number of carbonyl (C=O) groups is 1. The predicted molar refractivity (Wildman–Crippen MR) is 87.0 cm³/mol. The van der Waals surface area contributed by atoms with E-state index in [9.17, 15) is 21.6 Å². The van der Waals surface area contributed by atoms with Crippen LogP contribution >= 0.6 is 0 Å². The number of rotatable bonds is 6. The Bertz CT molecular complexity index is 832. The molecular formula is C14H19NO8S2. The van der Waals surface area contributed by atoms with Crippen LogP contribution in [-0.2, 0) is 33.9 Å². The molecule has 9 nitrogen and oxygen atoms in total. The van der Waals surface area contributed by atoms with Crippen LogP contribution in [0.5, 0.6) is 5.75 Å². The fourth-order valence-corrected chi connectivity index (χ4v) is 4.84. The summed E-state index contributed by atoms with van der Waals surface area (Å²) in [6.45, 7) is -0.277. The third kappa shape index (κ3) is 4.48. The number of ether oxygens (including phenoxy) is 2. The van der Waals surface area contributed by atoms with E-state index >= 15 is 0 Å². The number of esters is 1. The van der Waals surface area contributed by atoms with E-state index in [1.165, 1.54) is 31.4 Å². The van der Waals surface area contributed by atoms with Crippen LogP contribution in [0.25, 0.3) is 0 Å². The third-order valence-corrected chi connectivity index (χ3v) is 6.18. The van der Waals surface area contributed by atoms with E-state index in [2.05, 4.69) is 4.74 Å². The van der Waals surface area contributed by atoms with Crippen molar-refractivity contribution < 1.29 is 35.3 Å². The van der Waals surface area contributed by atoms with Crippen molar-refractivity contribution in [2.75, 3.05) is 27.0 Å². The first kappa shape index (κ1) is 19.6. The van der Waals surface area contributed by atoms with Crippen molar-refractivity contribution in [1.29, 1.82) is 0 Å². The van der Waals surface area contributed by atoms with E-state index in [0.29, 0.717) is 5.75 Å². The molecule has 11 heteroatoms. The van der Waals surface area contributed by atoms with Gasteiger partial charge in [0.1, 0.15) is 11.8 Å². The molecule has 1 heterocycles. The highest BCUT2D eigenvalue weighted by Gasteiger charge is 2.46. The van der Waals surface area contributed by atoms with Gasteiger partial charge < -0.3 is 9.47 Å². The summed E-state index contributed by atoms with van der Waals surface area (Å²) in [5.74, 6) is -0.306. The van der Waals surface area contributed by atoms with Gasteiger partial charge in [-0.05, 0) is 24.3 Å². The van der Waals surface area contributed by atoms with Crippen LogP contribution in [0.15, 0.2) is 29.2 Å². The second-order valence-corrected chi connectivity index (χ2v) is 8.94. The molecule has 2 rings (SSSR count). The topological polar surface area (TPSA) is 116 Å². The highest BCUT2D eigenvalue weighted by Crippen LogP contribution is 2.30. The number of sulfonamides is 1. The summed E-state index contributed by atoms with van der Waals surface area (Å²) in [4.78, 5) is 11.9. The van der Waals surface area contributed by atoms with Crippen LogP contribution in [0.3, 0.4) is 0 Å². The molecule has 0 N–H and O–H groups in total. The minimum Gasteiger partial charge on any atom is -0.497 e. The highest BCUT2D eigenvalue weighted by molar-refractivity contribution is 7.89. The number of benzene rings is 1. The van der Waals surface area contributed by atoms with Crippen LogP contribution in [0, 0.1) is 0 Å². The summed E-state index contributed by atoms with van der Waals surface area (Å²) >= 11 is 0. The molecule has 0 aromatic heterocycles. The molecule has 0 aliphatic carbocycles. The fourth-order valence-electron chi connectivity index (χ4n) is 2.58. The molecule has 140 valence electrons. The standard InChI is InChI=1S/C14H19NO8S2/c1-21-10-4-6-12(7-5-10)25(19,20)15-9-11(23-24(3,17)18)8-13(15)14(16)22-2/h4-7,11,13H,8-9H2,1-3H3/t11-,13-/m1/s1. The normalized spacial score (nSPS) is 21.9. The maximum Gasteiger partial charge on any atom is 0.324 e. The van der Waals surface area contributed by atoms with Gasteiger partial charge in [0, 0.05) is 13.0 Å². The van der Waals surface area contributed by atoms with Crippen LogP contribution in [-0.4, -0.2) is 66.3 Å². The molecule has 0 radical (unpaired) electrons. The van der Waals surface area contributed by atoms with Gasteiger partial charge in [0.15, 0.2) is 0 Å². The summed E-state index contributed by atoms with van der Waals surface area (Å²) in [6, 6.07) is 4.46. The number of hydrogen-bond donors (Lipinski definition) is 0. The molecule has 0 saturated carbocycles. The van der Waals surface area contributed by atoms with Crippen LogP contribution in [0.1, 0.15) is 6.42 Å². The molecule has 1 aliphatic rings. The first-order chi connectivity index (χ1) is 11.6. The number of methoxy groups -OCH3 is 2. The molecule has 1 aliphatic heterocycles. The highest BCUT2D eigenvalue weighted by atomic mass is 32.2. The predicted octanol–water partition coefficient (Wildman–Crippen LogP) is -0.0240. The molecular weight excluding hydrogens is 374 g/mol. The van der Waals surface area contributed by atoms with Gasteiger partial charge in [-0.1, -0.05) is 0 Å². The molecule has 0 unspecified atom stereocenters. The summed E-state index contributed by atoms with van der Waals surface area (Å²) in [5.41, 5.74) is 0. The Morgan fingerprint density at radius 3 is 2.20 bits per heavy atom. The van der Waals surface area contributed by atoms with Crippen LogP contribution in [0.2, 0.25) is 0 Å². The van der Waals surface area contributed by atoms with Gasteiger partial charge >= 0.3 is 5.97 Å². The zero-order valence-electron chi connectivity index (χ0n) is 13.9. The molecule has 1 fully saturated rings. The van der Waals surface area contributed by atoms with Crippen molar-refractivity contribution in [2.24, 2.45) is 0 Å². The van der Waals surface area contributed by atoms with Gasteiger partial charge in [-0.25, -0.2) is 8.42 Å². The lowest BCUT2D eigenvalue weighted by Gasteiger charge is -2.21. The first-order valence-corrected chi connectivity index (χ1v) is 10.5. The van der Waals surface area contributed by atoms with E-state index in [0.717, 1.165) is 17.7 Å². The van der Waals surface area contributed by atoms with Gasteiger partial charge in [0.2, 0.25) is 10.0 Å². The maximum atomic E-state index is 12.8. The Labute approximate surface area is 146 Å². The minimum atomic E-state index is -4.05. The SMILES string of the molecule is COC(=O)[C@H]1C[C@@H](OS(C)(=O)=O)CN1S(=O)(=O)c1ccc(OC)cc1. The zero-order valence-corrected chi connectivity index (χ0v) is 15.5. The van der Waals surface area contributed by atoms with Gasteiger partial charge in [-0.15, -0.1) is 0 Å². The average Bonchev–Trinajstić information content (AvgIpc) is 2.96. The van der Waals surface area contributed by atoms with Crippen LogP contribution in [0.4, 0.5) is 0 Å². The third-order valence-electron chi connectivity index (χ3n) is 3.67. The van der Waals surface area contributed by atoms with E-state index in [4.69, 9.17) is 8.92 Å². The minimum absolute atomic E-state index is 0.0535. The Morgan fingerprint density at radius 2 is 1.72 bits per heavy atom. The lowest BCUT2D eigenvalue weighted by Crippen LogP contribution is -2.41. The van der Waals surface area contributed by atoms with Gasteiger partial charge in [-0.3, -0.25) is 8.98 Å². The largest absolute Gasteiger partial charge is 0.497 e. The lowest BCUT2D eigenvalue weighted by molar-refractivity contribution is -0.144. The number of nitrogens with zero attached hydrogens (tertiary/aromatic N) is 1. The Kier molecular flexibility index (Phi) is 5.72. The van der Waals surface area contributed by atoms with E-state index in [-0.39, 0.29) is 17.9 Å². The number of carbonyl (C=O) groups excluding carboxylic acids is 1. The van der Waals surface area contributed by atoms with E-state index in [1.807, 2.05) is 0 Å². The quantitative estimate of drug-likeness (QED) is 0.489. The summed E-state index contributed by atoms with van der Waals surface area (Å²) in [6.07, 6.45) is -0.220. The van der Waals surface area contributed by atoms with Crippen LogP contribution < -0.4 is 4.74 Å². The fraction of sp³-hybridized carbons (Fsp3) is 0.500. The molecule has 1 aromatic carbocycles. The van der Waals surface area contributed by atoms with Gasteiger partial charge in [0.05, 0.1) is 31.5 Å². The van der Waals surface area contributed by atoms with Gasteiger partial charge in [-0.2, -0.15) is 12.7 Å². The first-order valence-electron chi connectivity index (χ1n) is 7.20. The molecule has 1 saturated heterocycles. The van der Waals surface area contributed by atoms with Crippen molar-refractivity contribution in [2.45, 2.75) is 23.5 Å². The van der Waals surface area contributed by atoms with Crippen molar-refractivity contribution in [1.82, 2.24) is 4.31 Å². The molecule has 0 amide bonds. The number of hydrogen-bond acceptors (Lipinski definition) is 8. The monoisotopic (exact) mass is 393 g/mol. The van der Waals surface area contributed by atoms with Crippen molar-refractivity contribution in [3.63, 3.8) is 0 Å². The molecule has 2 atom stereocenters. The lowest BCUT2D eigenvalue weighted by atomic mass is 10.2. The summed E-state index contributed by atoms with van der Waals surface area (Å²) in [5, 5.41) is 0. The van der Waals surface area contributed by atoms with Crippen molar-refractivity contribution >= 4 is 26.1 Å². The van der Waals surface area contributed by atoms with E-state index in [1.54, 1.807) is 0 Å². The average molecular weight is 393 g/mol. The summed E-state index contributed by atoms with van der Waals surface area (Å²) < 4.78 is 63.7. The van der Waals surface area contributed by atoms with Crippen molar-refractivity contribution in [3.8, 4) is 5.75 Å². The molecule has 1 aromatic rings. The second-order valence-electron chi connectivity index (χ2n) is 5.45. The Hall–Kier alpha value is -1.69. The summed E-state index contributed by atoms with van der Waals surface area (Å²) in [7, 11) is -5.27. The van der Waals surface area contributed by atoms with Crippen molar-refractivity contribution in [3.05, 3.63) is 24.3 Å². The smallest absolute Gasteiger partial charge is 0.324 e. The molecule has 0 spiro atoms. The Morgan fingerprint density at radius 1 is 1.12 bits per heavy atom. The molecule has 25 heavy (non-hydrogen) atoms. The second kappa shape index (κ2) is 7.28.